The minimum atomic E-state index is -0.903. The van der Waals surface area contributed by atoms with Crippen molar-refractivity contribution in [3.63, 3.8) is 0 Å². The third-order valence-electron chi connectivity index (χ3n) is 3.64. The molecule has 3 rings (SSSR count). The Morgan fingerprint density at radius 1 is 0.950 bits per heavy atom. The molecule has 20 heavy (non-hydrogen) atoms. The number of benzene rings is 1. The van der Waals surface area contributed by atoms with Crippen LogP contribution in [0.25, 0.3) is 11.4 Å². The van der Waals surface area contributed by atoms with E-state index in [4.69, 9.17) is 5.73 Å². The second-order valence-corrected chi connectivity index (χ2v) is 5.05. The van der Waals surface area contributed by atoms with E-state index in [2.05, 4.69) is 9.97 Å². The van der Waals surface area contributed by atoms with Crippen molar-refractivity contribution in [1.29, 1.82) is 0 Å². The number of aryl methyl sites for hydroxylation is 1. The summed E-state index contributed by atoms with van der Waals surface area (Å²) in [5.74, 6) is -0.963. The predicted octanol–water partition coefficient (Wildman–Crippen LogP) is 3.27. The Balaban J connectivity index is 2.08. The molecule has 0 amide bonds. The van der Waals surface area contributed by atoms with Crippen molar-refractivity contribution in [2.24, 2.45) is 0 Å². The molecule has 2 N–H and O–H groups in total. The maximum atomic E-state index is 13.3. The Morgan fingerprint density at radius 2 is 1.75 bits per heavy atom. The predicted molar refractivity (Wildman–Crippen MR) is 73.1 cm³/mol. The summed E-state index contributed by atoms with van der Waals surface area (Å²) >= 11 is 0. The summed E-state index contributed by atoms with van der Waals surface area (Å²) in [6.07, 6.45) is 5.06. The van der Waals surface area contributed by atoms with Crippen LogP contribution in [0.4, 0.5) is 14.6 Å². The lowest BCUT2D eigenvalue weighted by Crippen LogP contribution is -2.06. The van der Waals surface area contributed by atoms with Gasteiger partial charge in [-0.1, -0.05) is 6.42 Å². The molecule has 1 aromatic carbocycles. The number of nitrogen functional groups attached to an aromatic ring is 1. The fraction of sp³-hybridized carbons (Fsp3) is 0.333. The first kappa shape index (κ1) is 13.0. The van der Waals surface area contributed by atoms with Crippen molar-refractivity contribution in [2.45, 2.75) is 32.1 Å². The Bertz CT molecular complexity index is 656. The number of hydrogen-bond acceptors (Lipinski definition) is 3. The van der Waals surface area contributed by atoms with Gasteiger partial charge in [0.2, 0.25) is 0 Å². The van der Waals surface area contributed by atoms with E-state index in [1.54, 1.807) is 0 Å². The van der Waals surface area contributed by atoms with Gasteiger partial charge in [0.15, 0.2) is 17.5 Å². The van der Waals surface area contributed by atoms with Crippen molar-refractivity contribution < 1.29 is 8.78 Å². The van der Waals surface area contributed by atoms with Gasteiger partial charge in [-0.25, -0.2) is 18.7 Å². The molecule has 0 bridgehead atoms. The summed E-state index contributed by atoms with van der Waals surface area (Å²) in [4.78, 5) is 8.74. The highest BCUT2D eigenvalue weighted by Gasteiger charge is 2.16. The summed E-state index contributed by atoms with van der Waals surface area (Å²) in [5.41, 5.74) is 8.39. The van der Waals surface area contributed by atoms with Crippen LogP contribution in [0.3, 0.4) is 0 Å². The third-order valence-corrected chi connectivity index (χ3v) is 3.64. The Morgan fingerprint density at radius 3 is 2.55 bits per heavy atom. The van der Waals surface area contributed by atoms with E-state index < -0.39 is 11.6 Å². The monoisotopic (exact) mass is 275 g/mol. The van der Waals surface area contributed by atoms with E-state index in [1.165, 1.54) is 6.07 Å². The van der Waals surface area contributed by atoms with Crippen LogP contribution >= 0.6 is 0 Å². The zero-order valence-corrected chi connectivity index (χ0v) is 11.0. The van der Waals surface area contributed by atoms with E-state index >= 15 is 0 Å². The number of aromatic nitrogens is 2. The minimum absolute atomic E-state index is 0.363. The van der Waals surface area contributed by atoms with E-state index in [9.17, 15) is 8.78 Å². The van der Waals surface area contributed by atoms with Gasteiger partial charge in [-0.05, 0) is 43.9 Å². The van der Waals surface area contributed by atoms with Crippen LogP contribution in [0.5, 0.6) is 0 Å². The number of halogens is 2. The summed E-state index contributed by atoms with van der Waals surface area (Å²) in [5, 5.41) is 0. The van der Waals surface area contributed by atoms with Gasteiger partial charge in [-0.3, -0.25) is 0 Å². The molecule has 0 aliphatic heterocycles. The lowest BCUT2D eigenvalue weighted by molar-refractivity contribution is 0.509. The number of nitrogens with zero attached hydrogens (tertiary/aromatic N) is 2. The average Bonchev–Trinajstić information content (AvgIpc) is 2.67. The van der Waals surface area contributed by atoms with Gasteiger partial charge in [0, 0.05) is 16.8 Å². The Labute approximate surface area is 115 Å². The number of anilines is 1. The number of nitrogens with two attached hydrogens (primary N) is 1. The van der Waals surface area contributed by atoms with E-state index in [0.717, 1.165) is 55.5 Å². The Kier molecular flexibility index (Phi) is 3.34. The first-order valence-corrected chi connectivity index (χ1v) is 6.76. The van der Waals surface area contributed by atoms with Crippen molar-refractivity contribution in [3.05, 3.63) is 41.1 Å². The maximum absolute atomic E-state index is 13.3. The van der Waals surface area contributed by atoms with E-state index in [-0.39, 0.29) is 0 Å². The van der Waals surface area contributed by atoms with Crippen LogP contribution in [0, 0.1) is 11.6 Å². The third kappa shape index (κ3) is 2.35. The molecular weight excluding hydrogens is 260 g/mol. The topological polar surface area (TPSA) is 51.8 Å². The molecule has 0 saturated heterocycles. The van der Waals surface area contributed by atoms with Gasteiger partial charge in [-0.2, -0.15) is 0 Å². The molecule has 1 heterocycles. The summed E-state index contributed by atoms with van der Waals surface area (Å²) in [6.45, 7) is 0. The lowest BCUT2D eigenvalue weighted by Gasteiger charge is -2.10. The molecule has 1 aliphatic rings. The molecule has 1 aromatic heterocycles. The highest BCUT2D eigenvalue weighted by molar-refractivity contribution is 5.59. The molecule has 0 fully saturated rings. The normalized spacial score (nSPS) is 14.7. The molecule has 0 saturated carbocycles. The molecule has 3 nitrogen and oxygen atoms in total. The molecule has 5 heteroatoms. The van der Waals surface area contributed by atoms with Crippen LogP contribution in [0.15, 0.2) is 18.2 Å². The first-order valence-electron chi connectivity index (χ1n) is 6.76. The zero-order valence-electron chi connectivity index (χ0n) is 11.0. The second kappa shape index (κ2) is 5.15. The standard InChI is InChI=1S/C15H15F2N3/c16-11-7-6-9(8-12(11)17)15-19-13-5-3-1-2-4-10(13)14(18)20-15/h6-8H,1-5H2,(H2,18,19,20). The average molecular weight is 275 g/mol. The Hall–Kier alpha value is -2.04. The van der Waals surface area contributed by atoms with Crippen molar-refractivity contribution in [3.8, 4) is 11.4 Å². The van der Waals surface area contributed by atoms with E-state index in [1.807, 2.05) is 0 Å². The largest absolute Gasteiger partial charge is 0.383 e. The molecule has 1 aliphatic carbocycles. The minimum Gasteiger partial charge on any atom is -0.383 e. The van der Waals surface area contributed by atoms with Crippen molar-refractivity contribution in [2.75, 3.05) is 5.73 Å². The summed E-state index contributed by atoms with van der Waals surface area (Å²) in [6, 6.07) is 3.65. The highest BCUT2D eigenvalue weighted by Crippen LogP contribution is 2.26. The van der Waals surface area contributed by atoms with Gasteiger partial charge < -0.3 is 5.73 Å². The molecule has 0 unspecified atom stereocenters. The molecule has 0 radical (unpaired) electrons. The number of rotatable bonds is 1. The zero-order chi connectivity index (χ0) is 14.1. The van der Waals surface area contributed by atoms with Gasteiger partial charge in [-0.15, -0.1) is 0 Å². The maximum Gasteiger partial charge on any atom is 0.161 e. The molecule has 104 valence electrons. The SMILES string of the molecule is Nc1nc(-c2ccc(F)c(F)c2)nc2c1CCCCC2. The van der Waals surface area contributed by atoms with Crippen LogP contribution in [-0.4, -0.2) is 9.97 Å². The van der Waals surface area contributed by atoms with Gasteiger partial charge in [0.1, 0.15) is 5.82 Å². The number of hydrogen-bond donors (Lipinski definition) is 1. The van der Waals surface area contributed by atoms with Gasteiger partial charge >= 0.3 is 0 Å². The van der Waals surface area contributed by atoms with Crippen LogP contribution < -0.4 is 5.73 Å². The fourth-order valence-corrected chi connectivity index (χ4v) is 2.56. The van der Waals surface area contributed by atoms with E-state index in [0.29, 0.717) is 17.2 Å². The highest BCUT2D eigenvalue weighted by atomic mass is 19.2. The van der Waals surface area contributed by atoms with Gasteiger partial charge in [0.25, 0.3) is 0 Å². The molecular formula is C15H15F2N3. The summed E-state index contributed by atoms with van der Waals surface area (Å²) < 4.78 is 26.3. The molecule has 2 aromatic rings. The van der Waals surface area contributed by atoms with Crippen molar-refractivity contribution in [1.82, 2.24) is 9.97 Å². The molecule has 0 spiro atoms. The lowest BCUT2D eigenvalue weighted by atomic mass is 10.1. The van der Waals surface area contributed by atoms with Crippen LogP contribution in [0.1, 0.15) is 30.5 Å². The summed E-state index contributed by atoms with van der Waals surface area (Å²) in [7, 11) is 0. The van der Waals surface area contributed by atoms with Crippen molar-refractivity contribution >= 4 is 5.82 Å². The van der Waals surface area contributed by atoms with Gasteiger partial charge in [0.05, 0.1) is 0 Å². The fourth-order valence-electron chi connectivity index (χ4n) is 2.56. The first-order chi connectivity index (χ1) is 9.65. The quantitative estimate of drug-likeness (QED) is 0.813. The number of fused-ring (bicyclic) bond motifs is 1. The second-order valence-electron chi connectivity index (χ2n) is 5.05. The van der Waals surface area contributed by atoms with Crippen LogP contribution in [0.2, 0.25) is 0 Å². The smallest absolute Gasteiger partial charge is 0.161 e. The molecule has 0 atom stereocenters. The van der Waals surface area contributed by atoms with Crippen LogP contribution in [-0.2, 0) is 12.8 Å².